The van der Waals surface area contributed by atoms with Gasteiger partial charge in [-0.25, -0.2) is 17.2 Å². The molecular formula is C29H31ClF2N4O7S. The van der Waals surface area contributed by atoms with Crippen LogP contribution < -0.4 is 10.1 Å². The van der Waals surface area contributed by atoms with Gasteiger partial charge in [-0.05, 0) is 48.4 Å². The van der Waals surface area contributed by atoms with E-state index in [0.29, 0.717) is 5.56 Å². The average molecular weight is 653 g/mol. The average Bonchev–Trinajstić information content (AvgIpc) is 2.98. The third kappa shape index (κ3) is 7.62. The van der Waals surface area contributed by atoms with Crippen LogP contribution >= 0.6 is 11.6 Å². The maximum atomic E-state index is 14.2. The number of carbonyl (C=O) groups excluding carboxylic acids is 1. The van der Waals surface area contributed by atoms with E-state index in [2.05, 4.69) is 5.32 Å². The van der Waals surface area contributed by atoms with Gasteiger partial charge >= 0.3 is 0 Å². The highest BCUT2D eigenvalue weighted by Crippen LogP contribution is 2.32. The Morgan fingerprint density at radius 1 is 1.14 bits per heavy atom. The zero-order chi connectivity index (χ0) is 32.2. The first-order chi connectivity index (χ1) is 20.8. The van der Waals surface area contributed by atoms with Gasteiger partial charge in [0.25, 0.3) is 5.69 Å². The third-order valence-corrected chi connectivity index (χ3v) is 9.13. The maximum Gasteiger partial charge on any atom is 0.293 e. The monoisotopic (exact) mass is 652 g/mol. The Kier molecular flexibility index (Phi) is 10.4. The highest BCUT2D eigenvalue weighted by atomic mass is 35.5. The molecular weight excluding hydrogens is 622 g/mol. The van der Waals surface area contributed by atoms with Crippen molar-refractivity contribution in [3.8, 4) is 11.5 Å². The third-order valence-electron chi connectivity index (χ3n) is 6.94. The number of morpholine rings is 1. The molecule has 15 heteroatoms. The van der Waals surface area contributed by atoms with Crippen LogP contribution in [-0.2, 0) is 26.1 Å². The SMILES string of the molecule is CC(C)[C@H](Nc1ccc(S(=O)(=O)N2CCOCC2)cc1[N+](=O)[O-])C(=O)N(C)Cc1cc(F)ccc1Oc1ccc(F)c(Cl)c1. The van der Waals surface area contributed by atoms with Gasteiger partial charge in [0, 0.05) is 44.4 Å². The summed E-state index contributed by atoms with van der Waals surface area (Å²) >= 11 is 5.85. The summed E-state index contributed by atoms with van der Waals surface area (Å²) in [4.78, 5) is 26.0. The molecule has 1 amide bonds. The standard InChI is InChI=1S/C29H31ClF2N4O7S/c1-18(2)28(33-25-8-6-22(16-26(25)36(38)39)44(40,41)35-10-12-42-13-11-35)29(37)34(3)17-19-14-20(31)4-9-27(19)43-21-5-7-24(32)23(30)15-21/h4-9,14-16,18,28,33H,10-13,17H2,1-3H3/t28-/m0/s1. The number of nitro groups is 1. The lowest BCUT2D eigenvalue weighted by Crippen LogP contribution is -2.43. The Hall–Kier alpha value is -3.85. The number of halogens is 3. The summed E-state index contributed by atoms with van der Waals surface area (Å²) in [5.74, 6) is -1.65. The summed E-state index contributed by atoms with van der Waals surface area (Å²) in [6.45, 7) is 4.06. The first-order valence-electron chi connectivity index (χ1n) is 13.6. The highest BCUT2D eigenvalue weighted by Gasteiger charge is 2.32. The van der Waals surface area contributed by atoms with Gasteiger partial charge < -0.3 is 19.7 Å². The Morgan fingerprint density at radius 3 is 2.48 bits per heavy atom. The van der Waals surface area contributed by atoms with E-state index in [0.717, 1.165) is 12.1 Å². The summed E-state index contributed by atoms with van der Waals surface area (Å²) in [6.07, 6.45) is 0. The zero-order valence-electron chi connectivity index (χ0n) is 24.1. The van der Waals surface area contributed by atoms with Crippen LogP contribution in [0.2, 0.25) is 5.02 Å². The molecule has 0 unspecified atom stereocenters. The smallest absolute Gasteiger partial charge is 0.293 e. The van der Waals surface area contributed by atoms with Crippen molar-refractivity contribution in [2.45, 2.75) is 31.3 Å². The number of anilines is 1. The zero-order valence-corrected chi connectivity index (χ0v) is 25.7. The number of benzene rings is 3. The number of nitrogens with zero attached hydrogens (tertiary/aromatic N) is 3. The number of ether oxygens (including phenoxy) is 2. The number of amides is 1. The van der Waals surface area contributed by atoms with Crippen molar-refractivity contribution in [2.24, 2.45) is 5.92 Å². The maximum absolute atomic E-state index is 14.2. The van der Waals surface area contributed by atoms with Crippen LogP contribution in [0.25, 0.3) is 0 Å². The van der Waals surface area contributed by atoms with Gasteiger partial charge in [0.1, 0.15) is 34.9 Å². The summed E-state index contributed by atoms with van der Waals surface area (Å²) in [5.41, 5.74) is -0.258. The minimum Gasteiger partial charge on any atom is -0.457 e. The molecule has 1 heterocycles. The number of sulfonamides is 1. The van der Waals surface area contributed by atoms with Crippen molar-refractivity contribution in [1.82, 2.24) is 9.21 Å². The second kappa shape index (κ2) is 13.8. The Labute approximate surface area is 258 Å². The fourth-order valence-corrected chi connectivity index (χ4v) is 6.17. The van der Waals surface area contributed by atoms with E-state index in [9.17, 15) is 32.1 Å². The van der Waals surface area contributed by atoms with Gasteiger partial charge in [0.15, 0.2) is 0 Å². The molecule has 0 aromatic heterocycles. The first-order valence-corrected chi connectivity index (χ1v) is 15.4. The molecule has 0 saturated carbocycles. The molecule has 236 valence electrons. The fraction of sp³-hybridized carbons (Fsp3) is 0.345. The van der Waals surface area contributed by atoms with Gasteiger partial charge in [-0.3, -0.25) is 14.9 Å². The van der Waals surface area contributed by atoms with Crippen LogP contribution in [0.5, 0.6) is 11.5 Å². The minimum absolute atomic E-state index is 0.0423. The van der Waals surface area contributed by atoms with Crippen molar-refractivity contribution in [3.05, 3.63) is 86.9 Å². The Morgan fingerprint density at radius 2 is 1.84 bits per heavy atom. The molecule has 3 aromatic rings. The fourth-order valence-electron chi connectivity index (χ4n) is 4.57. The van der Waals surface area contributed by atoms with E-state index in [1.165, 1.54) is 58.7 Å². The normalized spacial score (nSPS) is 14.7. The predicted molar refractivity (Wildman–Crippen MR) is 159 cm³/mol. The molecule has 11 nitrogen and oxygen atoms in total. The molecule has 1 saturated heterocycles. The molecule has 0 spiro atoms. The molecule has 1 aliphatic rings. The molecule has 1 fully saturated rings. The summed E-state index contributed by atoms with van der Waals surface area (Å²) in [7, 11) is -2.52. The van der Waals surface area contributed by atoms with Crippen molar-refractivity contribution >= 4 is 38.9 Å². The summed E-state index contributed by atoms with van der Waals surface area (Å²) < 4.78 is 66.2. The van der Waals surface area contributed by atoms with Crippen LogP contribution in [0.4, 0.5) is 20.2 Å². The van der Waals surface area contributed by atoms with E-state index < -0.39 is 44.2 Å². The Bertz CT molecular complexity index is 1650. The molecule has 0 radical (unpaired) electrons. The lowest BCUT2D eigenvalue weighted by Gasteiger charge is -2.28. The summed E-state index contributed by atoms with van der Waals surface area (Å²) in [6, 6.07) is 9.99. The van der Waals surface area contributed by atoms with Crippen LogP contribution in [0.1, 0.15) is 19.4 Å². The molecule has 4 rings (SSSR count). The minimum atomic E-state index is -4.00. The summed E-state index contributed by atoms with van der Waals surface area (Å²) in [5, 5.41) is 14.7. The number of likely N-dealkylation sites (N-methyl/N-ethyl adjacent to an activating group) is 1. The molecule has 3 aromatic carbocycles. The number of carbonyl (C=O) groups is 1. The molecule has 1 N–H and O–H groups in total. The van der Waals surface area contributed by atoms with Crippen LogP contribution in [0.15, 0.2) is 59.5 Å². The van der Waals surface area contributed by atoms with Gasteiger partial charge in [-0.2, -0.15) is 4.31 Å². The van der Waals surface area contributed by atoms with E-state index in [1.54, 1.807) is 13.8 Å². The van der Waals surface area contributed by atoms with Gasteiger partial charge in [-0.1, -0.05) is 25.4 Å². The van der Waals surface area contributed by atoms with Crippen molar-refractivity contribution in [1.29, 1.82) is 0 Å². The number of rotatable bonds is 11. The number of nitro benzene ring substituents is 1. The second-order valence-electron chi connectivity index (χ2n) is 10.4. The van der Waals surface area contributed by atoms with Crippen molar-refractivity contribution < 1.29 is 36.4 Å². The van der Waals surface area contributed by atoms with Gasteiger partial charge in [0.05, 0.1) is 28.1 Å². The number of hydrogen-bond donors (Lipinski definition) is 1. The lowest BCUT2D eigenvalue weighted by molar-refractivity contribution is -0.384. The van der Waals surface area contributed by atoms with Crippen LogP contribution in [0, 0.1) is 27.7 Å². The van der Waals surface area contributed by atoms with Gasteiger partial charge in [0.2, 0.25) is 15.9 Å². The van der Waals surface area contributed by atoms with Crippen LogP contribution in [0.3, 0.4) is 0 Å². The first kappa shape index (κ1) is 33.1. The Balaban J connectivity index is 1.56. The topological polar surface area (TPSA) is 131 Å². The van der Waals surface area contributed by atoms with E-state index in [4.69, 9.17) is 21.1 Å². The molecule has 0 aliphatic carbocycles. The van der Waals surface area contributed by atoms with Crippen molar-refractivity contribution in [2.75, 3.05) is 38.7 Å². The highest BCUT2D eigenvalue weighted by molar-refractivity contribution is 7.89. The lowest BCUT2D eigenvalue weighted by atomic mass is 10.0. The predicted octanol–water partition coefficient (Wildman–Crippen LogP) is 5.43. The van der Waals surface area contributed by atoms with Crippen molar-refractivity contribution in [3.63, 3.8) is 0 Å². The van der Waals surface area contributed by atoms with E-state index in [1.807, 2.05) is 0 Å². The van der Waals surface area contributed by atoms with Gasteiger partial charge in [-0.15, -0.1) is 0 Å². The van der Waals surface area contributed by atoms with E-state index >= 15 is 0 Å². The van der Waals surface area contributed by atoms with Crippen LogP contribution in [-0.4, -0.2) is 67.8 Å². The largest absolute Gasteiger partial charge is 0.457 e. The molecule has 1 aliphatic heterocycles. The second-order valence-corrected chi connectivity index (χ2v) is 12.8. The quantitative estimate of drug-likeness (QED) is 0.214. The molecule has 0 bridgehead atoms. The molecule has 44 heavy (non-hydrogen) atoms. The molecule has 1 atom stereocenters. The number of hydrogen-bond acceptors (Lipinski definition) is 8. The number of nitrogens with one attached hydrogen (secondary N) is 1. The van der Waals surface area contributed by atoms with E-state index in [-0.39, 0.29) is 65.9 Å².